The van der Waals surface area contributed by atoms with E-state index in [1.54, 1.807) is 12.1 Å². The number of halogens is 1. The van der Waals surface area contributed by atoms with Crippen molar-refractivity contribution in [1.29, 1.82) is 0 Å². The second-order valence-corrected chi connectivity index (χ2v) is 4.44. The van der Waals surface area contributed by atoms with Crippen LogP contribution in [0.15, 0.2) is 24.3 Å². The van der Waals surface area contributed by atoms with Crippen molar-refractivity contribution in [3.8, 4) is 0 Å². The molecule has 1 heterocycles. The molecule has 1 atom stereocenters. The molecule has 0 aliphatic carbocycles. The number of rotatable bonds is 3. The number of benzene rings is 1. The van der Waals surface area contributed by atoms with E-state index >= 15 is 0 Å². The van der Waals surface area contributed by atoms with Crippen molar-refractivity contribution in [2.45, 2.75) is 12.0 Å². The molecule has 5 heteroatoms. The molecule has 1 unspecified atom stereocenters. The van der Waals surface area contributed by atoms with Gasteiger partial charge in [0, 0.05) is 23.7 Å². The predicted molar refractivity (Wildman–Crippen MR) is 65.3 cm³/mol. The van der Waals surface area contributed by atoms with Crippen LogP contribution in [-0.4, -0.2) is 31.8 Å². The Kier molecular flexibility index (Phi) is 3.54. The molecular formula is C12H14ClNO3. The van der Waals surface area contributed by atoms with Gasteiger partial charge in [0.25, 0.3) is 0 Å². The highest BCUT2D eigenvalue weighted by Crippen LogP contribution is 2.26. The lowest BCUT2D eigenvalue weighted by Gasteiger charge is -2.26. The zero-order valence-electron chi connectivity index (χ0n) is 9.53. The van der Waals surface area contributed by atoms with Crippen molar-refractivity contribution in [3.05, 3.63) is 29.3 Å². The highest BCUT2D eigenvalue weighted by Gasteiger charge is 2.43. The number of carbonyl (C=O) groups is 1. The van der Waals surface area contributed by atoms with Crippen molar-refractivity contribution in [1.82, 2.24) is 0 Å². The molecule has 1 fully saturated rings. The molecule has 0 amide bonds. The van der Waals surface area contributed by atoms with Gasteiger partial charge in [0.15, 0.2) is 5.54 Å². The number of nitrogens with one attached hydrogen (secondary N) is 1. The summed E-state index contributed by atoms with van der Waals surface area (Å²) in [5.41, 5.74) is 0.0491. The van der Waals surface area contributed by atoms with E-state index in [0.29, 0.717) is 24.7 Å². The molecule has 0 bridgehead atoms. The Morgan fingerprint density at radius 1 is 1.47 bits per heavy atom. The Hall–Kier alpha value is -1.26. The van der Waals surface area contributed by atoms with Crippen LogP contribution < -0.4 is 5.32 Å². The number of ether oxygens (including phenoxy) is 2. The summed E-state index contributed by atoms with van der Waals surface area (Å²) < 4.78 is 10.1. The molecule has 0 aromatic heterocycles. The van der Waals surface area contributed by atoms with Crippen LogP contribution in [0.25, 0.3) is 0 Å². The molecule has 1 aromatic rings. The Bertz CT molecular complexity index is 399. The van der Waals surface area contributed by atoms with Gasteiger partial charge in [0.1, 0.15) is 0 Å². The highest BCUT2D eigenvalue weighted by molar-refractivity contribution is 6.30. The normalized spacial score (nSPS) is 23.4. The zero-order chi connectivity index (χ0) is 12.3. The summed E-state index contributed by atoms with van der Waals surface area (Å²) in [4.78, 5) is 11.8. The Balaban J connectivity index is 2.18. The van der Waals surface area contributed by atoms with Crippen LogP contribution in [0, 0.1) is 0 Å². The van der Waals surface area contributed by atoms with Crippen molar-refractivity contribution < 1.29 is 14.3 Å². The van der Waals surface area contributed by atoms with Crippen molar-refractivity contribution in [2.75, 3.05) is 25.6 Å². The van der Waals surface area contributed by atoms with E-state index in [-0.39, 0.29) is 5.97 Å². The maximum atomic E-state index is 11.8. The van der Waals surface area contributed by atoms with Gasteiger partial charge in [-0.25, -0.2) is 4.79 Å². The third-order valence-electron chi connectivity index (χ3n) is 2.83. The first-order valence-electron chi connectivity index (χ1n) is 5.36. The van der Waals surface area contributed by atoms with Gasteiger partial charge in [0.2, 0.25) is 0 Å². The summed E-state index contributed by atoms with van der Waals surface area (Å²) in [6, 6.07) is 7.19. The number of hydrogen-bond acceptors (Lipinski definition) is 4. The van der Waals surface area contributed by atoms with Crippen LogP contribution in [0.1, 0.15) is 6.42 Å². The molecule has 92 valence electrons. The largest absolute Gasteiger partial charge is 0.467 e. The van der Waals surface area contributed by atoms with E-state index < -0.39 is 5.54 Å². The lowest BCUT2D eigenvalue weighted by molar-refractivity contribution is -0.146. The quantitative estimate of drug-likeness (QED) is 0.841. The molecule has 1 saturated heterocycles. The first kappa shape index (κ1) is 12.2. The van der Waals surface area contributed by atoms with Gasteiger partial charge < -0.3 is 14.8 Å². The maximum absolute atomic E-state index is 11.8. The molecule has 2 rings (SSSR count). The SMILES string of the molecule is COC(=O)C1(Nc2ccc(Cl)cc2)CCOC1. The summed E-state index contributed by atoms with van der Waals surface area (Å²) in [5, 5.41) is 3.83. The summed E-state index contributed by atoms with van der Waals surface area (Å²) >= 11 is 5.81. The number of anilines is 1. The second-order valence-electron chi connectivity index (χ2n) is 4.01. The molecule has 1 N–H and O–H groups in total. The Morgan fingerprint density at radius 3 is 2.71 bits per heavy atom. The molecule has 1 aliphatic rings. The third kappa shape index (κ3) is 2.53. The van der Waals surface area contributed by atoms with E-state index in [0.717, 1.165) is 5.69 Å². The van der Waals surface area contributed by atoms with Crippen LogP contribution in [0.2, 0.25) is 5.02 Å². The minimum absolute atomic E-state index is 0.301. The maximum Gasteiger partial charge on any atom is 0.334 e. The minimum Gasteiger partial charge on any atom is -0.467 e. The molecule has 1 aromatic carbocycles. The Labute approximate surface area is 105 Å². The van der Waals surface area contributed by atoms with Crippen molar-refractivity contribution in [3.63, 3.8) is 0 Å². The van der Waals surface area contributed by atoms with Gasteiger partial charge in [-0.3, -0.25) is 0 Å². The van der Waals surface area contributed by atoms with Gasteiger partial charge in [-0.2, -0.15) is 0 Å². The number of methoxy groups -OCH3 is 1. The fraction of sp³-hybridized carbons (Fsp3) is 0.417. The summed E-state index contributed by atoms with van der Waals surface area (Å²) in [5.74, 6) is -0.301. The predicted octanol–water partition coefficient (Wildman–Crippen LogP) is 2.08. The van der Waals surface area contributed by atoms with Crippen molar-refractivity contribution in [2.24, 2.45) is 0 Å². The second kappa shape index (κ2) is 4.94. The standard InChI is InChI=1S/C12H14ClNO3/c1-16-11(15)12(6-7-17-8-12)14-10-4-2-9(13)3-5-10/h2-5,14H,6-8H2,1H3. The van der Waals surface area contributed by atoms with E-state index in [1.807, 2.05) is 12.1 Å². The van der Waals surface area contributed by atoms with E-state index in [1.165, 1.54) is 7.11 Å². The van der Waals surface area contributed by atoms with Crippen LogP contribution in [0.5, 0.6) is 0 Å². The minimum atomic E-state index is -0.775. The van der Waals surface area contributed by atoms with E-state index in [4.69, 9.17) is 21.1 Å². The third-order valence-corrected chi connectivity index (χ3v) is 3.08. The topological polar surface area (TPSA) is 47.6 Å². The van der Waals surface area contributed by atoms with Gasteiger partial charge in [-0.15, -0.1) is 0 Å². The highest BCUT2D eigenvalue weighted by atomic mass is 35.5. The fourth-order valence-corrected chi connectivity index (χ4v) is 2.01. The summed E-state index contributed by atoms with van der Waals surface area (Å²) in [7, 11) is 1.38. The Morgan fingerprint density at radius 2 is 2.18 bits per heavy atom. The van der Waals surface area contributed by atoms with Gasteiger partial charge in [-0.05, 0) is 24.3 Å². The average Bonchev–Trinajstić information content (AvgIpc) is 2.81. The lowest BCUT2D eigenvalue weighted by Crippen LogP contribution is -2.47. The monoisotopic (exact) mass is 255 g/mol. The first-order chi connectivity index (χ1) is 8.16. The number of carbonyl (C=O) groups excluding carboxylic acids is 1. The summed E-state index contributed by atoms with van der Waals surface area (Å²) in [6.07, 6.45) is 0.600. The molecule has 0 saturated carbocycles. The van der Waals surface area contributed by atoms with Gasteiger partial charge in [0.05, 0.1) is 13.7 Å². The number of esters is 1. The molecular weight excluding hydrogens is 242 g/mol. The number of hydrogen-bond donors (Lipinski definition) is 1. The molecule has 0 radical (unpaired) electrons. The van der Waals surface area contributed by atoms with Crippen LogP contribution in [-0.2, 0) is 14.3 Å². The average molecular weight is 256 g/mol. The molecule has 0 spiro atoms. The van der Waals surface area contributed by atoms with Gasteiger partial charge in [-0.1, -0.05) is 11.6 Å². The first-order valence-corrected chi connectivity index (χ1v) is 5.74. The van der Waals surface area contributed by atoms with Crippen molar-refractivity contribution >= 4 is 23.3 Å². The van der Waals surface area contributed by atoms with E-state index in [2.05, 4.69) is 5.32 Å². The van der Waals surface area contributed by atoms with E-state index in [9.17, 15) is 4.79 Å². The fourth-order valence-electron chi connectivity index (χ4n) is 1.88. The van der Waals surface area contributed by atoms with Crippen LogP contribution >= 0.6 is 11.6 Å². The zero-order valence-corrected chi connectivity index (χ0v) is 10.3. The summed E-state index contributed by atoms with van der Waals surface area (Å²) in [6.45, 7) is 0.873. The van der Waals surface area contributed by atoms with Crippen LogP contribution in [0.3, 0.4) is 0 Å². The lowest BCUT2D eigenvalue weighted by atomic mass is 9.98. The smallest absolute Gasteiger partial charge is 0.334 e. The molecule has 17 heavy (non-hydrogen) atoms. The molecule has 4 nitrogen and oxygen atoms in total. The molecule has 1 aliphatic heterocycles. The van der Waals surface area contributed by atoms with Crippen LogP contribution in [0.4, 0.5) is 5.69 Å². The van der Waals surface area contributed by atoms with Gasteiger partial charge >= 0.3 is 5.97 Å².